The number of hydrogen-bond donors (Lipinski definition) is 1. The second-order valence-corrected chi connectivity index (χ2v) is 5.75. The molecule has 1 N–H and O–H groups in total. The van der Waals surface area contributed by atoms with Gasteiger partial charge in [0.1, 0.15) is 0 Å². The molecule has 19 heavy (non-hydrogen) atoms. The van der Waals surface area contributed by atoms with Crippen LogP contribution in [0, 0.1) is 0 Å². The van der Waals surface area contributed by atoms with Crippen LogP contribution < -0.4 is 5.32 Å². The van der Waals surface area contributed by atoms with Gasteiger partial charge >= 0.3 is 6.18 Å². The van der Waals surface area contributed by atoms with Gasteiger partial charge in [0.05, 0.1) is 5.56 Å². The highest BCUT2D eigenvalue weighted by Crippen LogP contribution is 2.33. The van der Waals surface area contributed by atoms with Gasteiger partial charge in [0.2, 0.25) is 0 Å². The van der Waals surface area contributed by atoms with Crippen LogP contribution in [0.1, 0.15) is 56.7 Å². The average molecular weight is 271 g/mol. The summed E-state index contributed by atoms with van der Waals surface area (Å²) in [6, 6.07) is 5.53. The lowest BCUT2D eigenvalue weighted by atomic mass is 9.97. The van der Waals surface area contributed by atoms with Crippen LogP contribution in [0.3, 0.4) is 0 Å². The molecule has 0 amide bonds. The molecule has 1 aromatic carbocycles. The number of benzene rings is 1. The minimum atomic E-state index is -4.26. The summed E-state index contributed by atoms with van der Waals surface area (Å²) in [4.78, 5) is 0. The first-order chi connectivity index (χ1) is 8.80. The van der Waals surface area contributed by atoms with E-state index in [1.165, 1.54) is 12.8 Å². The summed E-state index contributed by atoms with van der Waals surface area (Å²) in [7, 11) is 0. The van der Waals surface area contributed by atoms with E-state index in [9.17, 15) is 13.2 Å². The number of alkyl halides is 3. The quantitative estimate of drug-likeness (QED) is 0.841. The van der Waals surface area contributed by atoms with Crippen molar-refractivity contribution in [3.05, 3.63) is 35.4 Å². The van der Waals surface area contributed by atoms with E-state index in [1.54, 1.807) is 12.1 Å². The maximum absolute atomic E-state index is 12.5. The molecular weight excluding hydrogens is 251 g/mol. The molecule has 1 aromatic rings. The van der Waals surface area contributed by atoms with E-state index in [-0.39, 0.29) is 11.6 Å². The van der Waals surface area contributed by atoms with Crippen molar-refractivity contribution in [3.8, 4) is 0 Å². The largest absolute Gasteiger partial charge is 0.416 e. The van der Waals surface area contributed by atoms with Gasteiger partial charge in [0, 0.05) is 11.6 Å². The highest BCUT2D eigenvalue weighted by Gasteiger charge is 2.31. The van der Waals surface area contributed by atoms with E-state index in [4.69, 9.17) is 0 Å². The van der Waals surface area contributed by atoms with Crippen LogP contribution >= 0.6 is 0 Å². The van der Waals surface area contributed by atoms with Gasteiger partial charge in [0.15, 0.2) is 0 Å². The predicted molar refractivity (Wildman–Crippen MR) is 69.9 cm³/mol. The average Bonchev–Trinajstić information content (AvgIpc) is 2.75. The lowest BCUT2D eigenvalue weighted by molar-refractivity contribution is -0.137. The van der Waals surface area contributed by atoms with E-state index in [2.05, 4.69) is 12.2 Å². The summed E-state index contributed by atoms with van der Waals surface area (Å²) in [5.41, 5.74) is 0.443. The third-order valence-corrected chi connectivity index (χ3v) is 4.01. The lowest BCUT2D eigenvalue weighted by Gasteiger charge is -2.30. The predicted octanol–water partition coefficient (Wildman–Crippen LogP) is 4.69. The van der Waals surface area contributed by atoms with Crippen LogP contribution in [-0.4, -0.2) is 5.54 Å². The summed E-state index contributed by atoms with van der Waals surface area (Å²) < 4.78 is 37.5. The Morgan fingerprint density at radius 2 is 1.63 bits per heavy atom. The third kappa shape index (κ3) is 3.50. The van der Waals surface area contributed by atoms with E-state index < -0.39 is 11.7 Å². The Morgan fingerprint density at radius 3 is 2.11 bits per heavy atom. The summed E-state index contributed by atoms with van der Waals surface area (Å²) >= 11 is 0. The Kier molecular flexibility index (Phi) is 3.90. The SMILES string of the molecule is CC(NC1(C)CCCC1)c1ccc(C(F)(F)F)cc1. The van der Waals surface area contributed by atoms with Crippen LogP contribution in [0.25, 0.3) is 0 Å². The van der Waals surface area contributed by atoms with Crippen molar-refractivity contribution < 1.29 is 13.2 Å². The summed E-state index contributed by atoms with van der Waals surface area (Å²) in [6.45, 7) is 4.20. The van der Waals surface area contributed by atoms with Crippen molar-refractivity contribution in [3.63, 3.8) is 0 Å². The van der Waals surface area contributed by atoms with Crippen LogP contribution in [0.2, 0.25) is 0 Å². The summed E-state index contributed by atoms with van der Waals surface area (Å²) in [5.74, 6) is 0. The molecule has 0 saturated heterocycles. The maximum Gasteiger partial charge on any atom is 0.416 e. The van der Waals surface area contributed by atoms with Gasteiger partial charge in [0.25, 0.3) is 0 Å². The summed E-state index contributed by atoms with van der Waals surface area (Å²) in [5, 5.41) is 3.55. The molecule has 1 atom stereocenters. The maximum atomic E-state index is 12.5. The van der Waals surface area contributed by atoms with Crippen LogP contribution in [0.15, 0.2) is 24.3 Å². The number of nitrogens with one attached hydrogen (secondary N) is 1. The van der Waals surface area contributed by atoms with Crippen molar-refractivity contribution in [2.45, 2.75) is 57.3 Å². The molecule has 106 valence electrons. The van der Waals surface area contributed by atoms with Crippen LogP contribution in [0.4, 0.5) is 13.2 Å². The zero-order valence-electron chi connectivity index (χ0n) is 11.3. The minimum Gasteiger partial charge on any atom is -0.305 e. The van der Waals surface area contributed by atoms with Crippen molar-refractivity contribution >= 4 is 0 Å². The monoisotopic (exact) mass is 271 g/mol. The fourth-order valence-corrected chi connectivity index (χ4v) is 2.87. The van der Waals surface area contributed by atoms with Crippen molar-refractivity contribution in [2.24, 2.45) is 0 Å². The van der Waals surface area contributed by atoms with Gasteiger partial charge in [-0.25, -0.2) is 0 Å². The van der Waals surface area contributed by atoms with Gasteiger partial charge in [-0.1, -0.05) is 25.0 Å². The van der Waals surface area contributed by atoms with E-state index in [0.717, 1.165) is 30.5 Å². The van der Waals surface area contributed by atoms with E-state index in [0.29, 0.717) is 0 Å². The zero-order valence-corrected chi connectivity index (χ0v) is 11.3. The molecule has 2 rings (SSSR count). The normalized spacial score (nSPS) is 20.5. The smallest absolute Gasteiger partial charge is 0.305 e. The standard InChI is InChI=1S/C15H20F3N/c1-11(19-14(2)9-3-4-10-14)12-5-7-13(8-6-12)15(16,17)18/h5-8,11,19H,3-4,9-10H2,1-2H3. The molecule has 1 nitrogen and oxygen atoms in total. The first kappa shape index (κ1) is 14.4. The van der Waals surface area contributed by atoms with E-state index in [1.807, 2.05) is 6.92 Å². The molecule has 0 radical (unpaired) electrons. The molecule has 1 aliphatic rings. The van der Waals surface area contributed by atoms with Crippen molar-refractivity contribution in [1.29, 1.82) is 0 Å². The molecule has 0 aromatic heterocycles. The molecule has 0 bridgehead atoms. The third-order valence-electron chi connectivity index (χ3n) is 4.01. The first-order valence-corrected chi connectivity index (χ1v) is 6.75. The highest BCUT2D eigenvalue weighted by molar-refractivity contribution is 5.26. The topological polar surface area (TPSA) is 12.0 Å². The van der Waals surface area contributed by atoms with Gasteiger partial charge in [-0.2, -0.15) is 13.2 Å². The van der Waals surface area contributed by atoms with Gasteiger partial charge < -0.3 is 5.32 Å². The van der Waals surface area contributed by atoms with Crippen LogP contribution in [-0.2, 0) is 6.18 Å². The molecular formula is C15H20F3N. The Hall–Kier alpha value is -1.03. The summed E-state index contributed by atoms with van der Waals surface area (Å²) in [6.07, 6.45) is 0.467. The zero-order chi connectivity index (χ0) is 14.1. The van der Waals surface area contributed by atoms with Crippen LogP contribution in [0.5, 0.6) is 0 Å². The van der Waals surface area contributed by atoms with Gasteiger partial charge in [-0.15, -0.1) is 0 Å². The second-order valence-electron chi connectivity index (χ2n) is 5.75. The van der Waals surface area contributed by atoms with Crippen molar-refractivity contribution in [2.75, 3.05) is 0 Å². The van der Waals surface area contributed by atoms with Gasteiger partial charge in [-0.05, 0) is 44.4 Å². The fourth-order valence-electron chi connectivity index (χ4n) is 2.87. The molecule has 0 heterocycles. The Bertz CT molecular complexity index is 416. The Balaban J connectivity index is 2.05. The van der Waals surface area contributed by atoms with Crippen molar-refractivity contribution in [1.82, 2.24) is 5.32 Å². The lowest BCUT2D eigenvalue weighted by Crippen LogP contribution is -2.40. The molecule has 1 aliphatic carbocycles. The van der Waals surface area contributed by atoms with E-state index >= 15 is 0 Å². The molecule has 1 saturated carbocycles. The molecule has 1 fully saturated rings. The molecule has 4 heteroatoms. The Morgan fingerprint density at radius 1 is 1.11 bits per heavy atom. The first-order valence-electron chi connectivity index (χ1n) is 6.75. The number of halogens is 3. The fraction of sp³-hybridized carbons (Fsp3) is 0.600. The second kappa shape index (κ2) is 5.16. The minimum absolute atomic E-state index is 0.0744. The highest BCUT2D eigenvalue weighted by atomic mass is 19.4. The van der Waals surface area contributed by atoms with Gasteiger partial charge in [-0.3, -0.25) is 0 Å². The molecule has 1 unspecified atom stereocenters. The molecule has 0 aliphatic heterocycles. The number of hydrogen-bond acceptors (Lipinski definition) is 1. The number of rotatable bonds is 3. The Labute approximate surface area is 112 Å². The molecule has 0 spiro atoms.